The molecule has 0 aliphatic carbocycles. The normalized spacial score (nSPS) is 13.3. The Bertz CT molecular complexity index is 499. The predicted octanol–water partition coefficient (Wildman–Crippen LogP) is 0.972. The molecule has 1 aliphatic heterocycles. The Morgan fingerprint density at radius 1 is 1.42 bits per heavy atom. The molecule has 5 nitrogen and oxygen atoms in total. The molecule has 19 heavy (non-hydrogen) atoms. The van der Waals surface area contributed by atoms with Crippen LogP contribution in [-0.2, 0) is 16.0 Å². The van der Waals surface area contributed by atoms with Gasteiger partial charge in [-0.25, -0.2) is 0 Å². The van der Waals surface area contributed by atoms with Crippen LogP contribution in [-0.4, -0.2) is 38.6 Å². The maximum Gasteiger partial charge on any atom is 0.251 e. The molecular weight excluding hydrogens is 244 g/mol. The number of benzene rings is 1. The van der Waals surface area contributed by atoms with E-state index in [1.807, 2.05) is 12.1 Å². The highest BCUT2D eigenvalue weighted by molar-refractivity contribution is 5.97. The molecule has 0 saturated heterocycles. The molecule has 0 spiro atoms. The number of nitrogens with zero attached hydrogens (tertiary/aromatic N) is 1. The highest BCUT2D eigenvalue weighted by Gasteiger charge is 2.22. The summed E-state index contributed by atoms with van der Waals surface area (Å²) in [5.74, 6) is -0.0721. The van der Waals surface area contributed by atoms with Crippen LogP contribution in [0.25, 0.3) is 0 Å². The number of carbonyl (C=O) groups is 2. The number of amides is 2. The maximum atomic E-state index is 11.9. The summed E-state index contributed by atoms with van der Waals surface area (Å²) in [4.78, 5) is 25.1. The van der Waals surface area contributed by atoms with E-state index in [9.17, 15) is 9.59 Å². The lowest BCUT2D eigenvalue weighted by Gasteiger charge is -2.14. The minimum atomic E-state index is -0.110. The van der Waals surface area contributed by atoms with E-state index < -0.39 is 0 Å². The van der Waals surface area contributed by atoms with E-state index in [4.69, 9.17) is 4.74 Å². The topological polar surface area (TPSA) is 58.6 Å². The van der Waals surface area contributed by atoms with Gasteiger partial charge in [-0.2, -0.15) is 0 Å². The molecule has 0 radical (unpaired) electrons. The largest absolute Gasteiger partial charge is 0.383 e. The molecule has 0 aromatic heterocycles. The Morgan fingerprint density at radius 2 is 2.21 bits per heavy atom. The lowest BCUT2D eigenvalue weighted by molar-refractivity contribution is -0.116. The molecule has 1 aromatic rings. The molecule has 5 heteroatoms. The number of anilines is 1. The average molecular weight is 262 g/mol. The third-order valence-corrected chi connectivity index (χ3v) is 3.21. The van der Waals surface area contributed by atoms with Crippen LogP contribution >= 0.6 is 0 Å². The molecule has 1 aliphatic rings. The lowest BCUT2D eigenvalue weighted by atomic mass is 10.1. The van der Waals surface area contributed by atoms with Gasteiger partial charge in [-0.3, -0.25) is 9.59 Å². The van der Waals surface area contributed by atoms with Gasteiger partial charge in [0.2, 0.25) is 5.91 Å². The van der Waals surface area contributed by atoms with Gasteiger partial charge in [-0.15, -0.1) is 0 Å². The van der Waals surface area contributed by atoms with Crippen LogP contribution in [0, 0.1) is 0 Å². The van der Waals surface area contributed by atoms with Crippen LogP contribution in [0.4, 0.5) is 5.69 Å². The number of carbonyl (C=O) groups excluding carboxylic acids is 2. The van der Waals surface area contributed by atoms with Crippen molar-refractivity contribution < 1.29 is 14.3 Å². The van der Waals surface area contributed by atoms with Gasteiger partial charge in [0.1, 0.15) is 0 Å². The quantitative estimate of drug-likeness (QED) is 0.823. The van der Waals surface area contributed by atoms with E-state index >= 15 is 0 Å². The molecule has 1 aromatic carbocycles. The smallest absolute Gasteiger partial charge is 0.251 e. The van der Waals surface area contributed by atoms with E-state index in [1.165, 1.54) is 0 Å². The minimum absolute atomic E-state index is 0.0380. The highest BCUT2D eigenvalue weighted by Crippen LogP contribution is 2.28. The number of ether oxygens (including phenoxy) is 1. The first-order valence-electron chi connectivity index (χ1n) is 6.31. The summed E-state index contributed by atoms with van der Waals surface area (Å²) >= 11 is 0. The first-order valence-corrected chi connectivity index (χ1v) is 6.31. The number of rotatable bonds is 4. The average Bonchev–Trinajstić information content (AvgIpc) is 2.81. The predicted molar refractivity (Wildman–Crippen MR) is 72.4 cm³/mol. The Hall–Kier alpha value is -1.88. The van der Waals surface area contributed by atoms with Crippen molar-refractivity contribution in [2.24, 2.45) is 0 Å². The first kappa shape index (κ1) is 13.5. The van der Waals surface area contributed by atoms with Crippen molar-refractivity contribution in [1.29, 1.82) is 0 Å². The van der Waals surface area contributed by atoms with Crippen molar-refractivity contribution in [2.75, 3.05) is 31.7 Å². The molecule has 0 bridgehead atoms. The fraction of sp³-hybridized carbons (Fsp3) is 0.429. The summed E-state index contributed by atoms with van der Waals surface area (Å²) in [6, 6.07) is 5.46. The van der Waals surface area contributed by atoms with E-state index in [1.54, 1.807) is 25.0 Å². The first-order chi connectivity index (χ1) is 9.13. The fourth-order valence-corrected chi connectivity index (χ4v) is 2.24. The van der Waals surface area contributed by atoms with Gasteiger partial charge in [-0.05, 0) is 30.2 Å². The number of nitrogens with one attached hydrogen (secondary N) is 1. The Balaban J connectivity index is 2.10. The van der Waals surface area contributed by atoms with Crippen LogP contribution < -0.4 is 10.2 Å². The second kappa shape index (κ2) is 5.84. The van der Waals surface area contributed by atoms with Crippen molar-refractivity contribution in [3.05, 3.63) is 29.3 Å². The Kier molecular flexibility index (Phi) is 4.16. The third-order valence-electron chi connectivity index (χ3n) is 3.21. The Morgan fingerprint density at radius 3 is 2.89 bits per heavy atom. The molecule has 0 fully saturated rings. The summed E-state index contributed by atoms with van der Waals surface area (Å²) in [5, 5.41) is 2.78. The van der Waals surface area contributed by atoms with Gasteiger partial charge in [0, 0.05) is 38.4 Å². The summed E-state index contributed by atoms with van der Waals surface area (Å²) in [6.45, 7) is 3.24. The summed E-state index contributed by atoms with van der Waals surface area (Å²) < 4.78 is 4.88. The molecule has 0 unspecified atom stereocenters. The summed E-state index contributed by atoms with van der Waals surface area (Å²) in [7, 11) is 1.60. The zero-order chi connectivity index (χ0) is 13.8. The van der Waals surface area contributed by atoms with E-state index in [-0.39, 0.29) is 11.8 Å². The van der Waals surface area contributed by atoms with Crippen LogP contribution in [0.5, 0.6) is 0 Å². The number of methoxy groups -OCH3 is 1. The fourth-order valence-electron chi connectivity index (χ4n) is 2.24. The van der Waals surface area contributed by atoms with Crippen molar-refractivity contribution in [1.82, 2.24) is 5.32 Å². The van der Waals surface area contributed by atoms with Crippen LogP contribution in [0.1, 0.15) is 22.8 Å². The number of hydrogen-bond donors (Lipinski definition) is 1. The standard InChI is InChI=1S/C14H18N2O3/c1-10(17)16-7-5-11-9-12(3-4-13(11)16)14(18)15-6-8-19-2/h3-4,9H,5-8H2,1-2H3,(H,15,18). The second-order valence-electron chi connectivity index (χ2n) is 4.51. The number of hydrogen-bond acceptors (Lipinski definition) is 3. The van der Waals surface area contributed by atoms with E-state index in [0.717, 1.165) is 17.7 Å². The van der Waals surface area contributed by atoms with Gasteiger partial charge < -0.3 is 15.0 Å². The molecule has 102 valence electrons. The molecule has 2 rings (SSSR count). The summed E-state index contributed by atoms with van der Waals surface area (Å²) in [6.07, 6.45) is 0.800. The van der Waals surface area contributed by atoms with Crippen molar-refractivity contribution in [2.45, 2.75) is 13.3 Å². The monoisotopic (exact) mass is 262 g/mol. The van der Waals surface area contributed by atoms with Gasteiger partial charge in [0.05, 0.1) is 6.61 Å². The van der Waals surface area contributed by atoms with Gasteiger partial charge in [-0.1, -0.05) is 0 Å². The third kappa shape index (κ3) is 2.93. The van der Waals surface area contributed by atoms with Crippen LogP contribution in [0.2, 0.25) is 0 Å². The molecule has 2 amide bonds. The Labute approximate surface area is 112 Å². The van der Waals surface area contributed by atoms with Crippen molar-refractivity contribution >= 4 is 17.5 Å². The van der Waals surface area contributed by atoms with Crippen molar-refractivity contribution in [3.63, 3.8) is 0 Å². The van der Waals surface area contributed by atoms with Crippen LogP contribution in [0.15, 0.2) is 18.2 Å². The van der Waals surface area contributed by atoms with Gasteiger partial charge in [0.15, 0.2) is 0 Å². The van der Waals surface area contributed by atoms with Gasteiger partial charge in [0.25, 0.3) is 5.91 Å². The van der Waals surface area contributed by atoms with Gasteiger partial charge >= 0.3 is 0 Å². The van der Waals surface area contributed by atoms with E-state index in [0.29, 0.717) is 25.3 Å². The van der Waals surface area contributed by atoms with Crippen molar-refractivity contribution in [3.8, 4) is 0 Å². The number of fused-ring (bicyclic) bond motifs is 1. The van der Waals surface area contributed by atoms with E-state index in [2.05, 4.69) is 5.32 Å². The molecular formula is C14H18N2O3. The summed E-state index contributed by atoms with van der Waals surface area (Å²) in [5.41, 5.74) is 2.59. The maximum absolute atomic E-state index is 11.9. The van der Waals surface area contributed by atoms with Crippen LogP contribution in [0.3, 0.4) is 0 Å². The lowest BCUT2D eigenvalue weighted by Crippen LogP contribution is -2.27. The molecule has 1 N–H and O–H groups in total. The zero-order valence-corrected chi connectivity index (χ0v) is 11.2. The molecule has 0 saturated carbocycles. The molecule has 1 heterocycles. The molecule has 0 atom stereocenters. The highest BCUT2D eigenvalue weighted by atomic mass is 16.5. The second-order valence-corrected chi connectivity index (χ2v) is 4.51. The zero-order valence-electron chi connectivity index (χ0n) is 11.2. The minimum Gasteiger partial charge on any atom is -0.383 e. The SMILES string of the molecule is COCCNC(=O)c1ccc2c(c1)CCN2C(C)=O.